The zero-order chi connectivity index (χ0) is 35.7. The minimum atomic E-state index is -1.85. The number of carboxylic acid groups (broad SMARTS) is 4. The summed E-state index contributed by atoms with van der Waals surface area (Å²) in [5, 5.41) is 55.0. The van der Waals surface area contributed by atoms with Gasteiger partial charge in [0.2, 0.25) is 23.6 Å². The van der Waals surface area contributed by atoms with Gasteiger partial charge in [-0.1, -0.05) is 12.1 Å². The molecule has 260 valence electrons. The first-order valence-corrected chi connectivity index (χ1v) is 14.4. The highest BCUT2D eigenvalue weighted by atomic mass is 16.4. The van der Waals surface area contributed by atoms with E-state index in [4.69, 9.17) is 21.7 Å². The molecule has 47 heavy (non-hydrogen) atoms. The Balaban J connectivity index is 3.27. The van der Waals surface area contributed by atoms with Gasteiger partial charge < -0.3 is 58.3 Å². The number of hydrogen-bond donors (Lipinski definition) is 11. The molecule has 4 amide bonds. The van der Waals surface area contributed by atoms with Gasteiger partial charge in [0, 0.05) is 12.8 Å². The summed E-state index contributed by atoms with van der Waals surface area (Å²) in [6.45, 7) is 0.209. The van der Waals surface area contributed by atoms with E-state index in [0.29, 0.717) is 12.0 Å². The van der Waals surface area contributed by atoms with Crippen molar-refractivity contribution < 1.29 is 63.9 Å². The van der Waals surface area contributed by atoms with E-state index in [-0.39, 0.29) is 31.6 Å². The van der Waals surface area contributed by atoms with Crippen LogP contribution in [0, 0.1) is 0 Å². The molecule has 0 aliphatic rings. The molecule has 0 bridgehead atoms. The number of nitrogens with two attached hydrogens (primary N) is 2. The summed E-state index contributed by atoms with van der Waals surface area (Å²) in [4.78, 5) is 97.2. The van der Waals surface area contributed by atoms with Crippen LogP contribution in [0.15, 0.2) is 24.3 Å². The molecule has 5 atom stereocenters. The molecule has 0 aromatic heterocycles. The number of nitrogens with one attached hydrogen (secondary N) is 4. The summed E-state index contributed by atoms with van der Waals surface area (Å²) in [5.74, 6) is -10.2. The number of carbonyl (C=O) groups excluding carboxylic acids is 4. The zero-order valence-electron chi connectivity index (χ0n) is 25.2. The van der Waals surface area contributed by atoms with Crippen molar-refractivity contribution in [2.24, 2.45) is 11.5 Å². The highest BCUT2D eigenvalue weighted by Crippen LogP contribution is 2.13. The fraction of sp³-hybridized carbons (Fsp3) is 0.500. The molecule has 19 heteroatoms. The fourth-order valence-electron chi connectivity index (χ4n) is 4.12. The van der Waals surface area contributed by atoms with Gasteiger partial charge in [-0.05, 0) is 49.9 Å². The number of rotatable bonds is 22. The van der Waals surface area contributed by atoms with Gasteiger partial charge in [0.1, 0.15) is 29.9 Å². The van der Waals surface area contributed by atoms with Crippen LogP contribution in [-0.2, 0) is 44.8 Å². The van der Waals surface area contributed by atoms with E-state index in [0.717, 1.165) is 0 Å². The molecule has 0 fully saturated rings. The molecule has 1 rings (SSSR count). The first-order valence-electron chi connectivity index (χ1n) is 14.4. The lowest BCUT2D eigenvalue weighted by atomic mass is 10.0. The monoisotopic (exact) mass is 668 g/mol. The Labute approximate surface area is 268 Å². The third-order valence-electron chi connectivity index (χ3n) is 6.59. The lowest BCUT2D eigenvalue weighted by Gasteiger charge is -2.26. The molecule has 19 nitrogen and oxygen atoms in total. The summed E-state index contributed by atoms with van der Waals surface area (Å²) >= 11 is 0. The Hall–Kier alpha value is -5.30. The average Bonchev–Trinajstić information content (AvgIpc) is 2.98. The number of hydrogen-bond acceptors (Lipinski definition) is 11. The van der Waals surface area contributed by atoms with Crippen LogP contribution in [0.3, 0.4) is 0 Å². The summed E-state index contributed by atoms with van der Waals surface area (Å²) in [6.07, 6.45) is -2.56. The summed E-state index contributed by atoms with van der Waals surface area (Å²) in [7, 11) is 0. The van der Waals surface area contributed by atoms with Crippen LogP contribution in [0.2, 0.25) is 0 Å². The van der Waals surface area contributed by atoms with E-state index in [1.165, 1.54) is 24.3 Å². The van der Waals surface area contributed by atoms with Crippen molar-refractivity contribution in [2.45, 2.75) is 81.6 Å². The van der Waals surface area contributed by atoms with Crippen molar-refractivity contribution in [1.82, 2.24) is 21.3 Å². The number of aromatic hydroxyl groups is 1. The highest BCUT2D eigenvalue weighted by Gasteiger charge is 2.33. The smallest absolute Gasteiger partial charge is 0.326 e. The molecule has 0 radical (unpaired) electrons. The minimum absolute atomic E-state index is 0.0784. The summed E-state index contributed by atoms with van der Waals surface area (Å²) < 4.78 is 0. The molecule has 0 saturated heterocycles. The maximum atomic E-state index is 13.5. The lowest BCUT2D eigenvalue weighted by Crippen LogP contribution is -2.59. The van der Waals surface area contributed by atoms with Gasteiger partial charge in [-0.3, -0.25) is 33.6 Å². The van der Waals surface area contributed by atoms with Crippen molar-refractivity contribution in [3.8, 4) is 5.75 Å². The quantitative estimate of drug-likeness (QED) is 0.0557. The van der Waals surface area contributed by atoms with Crippen LogP contribution in [0.25, 0.3) is 0 Å². The number of carbonyl (C=O) groups is 8. The van der Waals surface area contributed by atoms with Gasteiger partial charge in [-0.2, -0.15) is 0 Å². The number of phenolic OH excluding ortho intramolecular Hbond substituents is 1. The molecule has 0 aliphatic heterocycles. The van der Waals surface area contributed by atoms with E-state index in [9.17, 15) is 53.7 Å². The standard InChI is InChI=1S/C28H40N6O13/c29-10-2-1-3-17(25(43)34-20(13-23(40)41)27(45)32-18(28(46)47)8-9-21(36)37)31-26(44)19(11-14-4-6-15(35)7-5-14)33-24(42)16(30)12-22(38)39/h4-7,16-20,35H,1-3,8-13,29-30H2,(H,31,44)(H,32,45)(H,33,42)(H,34,43)(H,36,37)(H,38,39)(H,40,41)(H,46,47). The predicted octanol–water partition coefficient (Wildman–Crippen LogP) is -2.77. The van der Waals surface area contributed by atoms with Crippen LogP contribution in [0.1, 0.15) is 50.5 Å². The first-order chi connectivity index (χ1) is 22.0. The SMILES string of the molecule is NCCCCC(NC(=O)C(Cc1ccc(O)cc1)NC(=O)C(N)CC(=O)O)C(=O)NC(CC(=O)O)C(=O)NC(CCC(=O)O)C(=O)O. The number of amides is 4. The van der Waals surface area contributed by atoms with E-state index in [1.54, 1.807) is 0 Å². The Morgan fingerprint density at radius 3 is 1.66 bits per heavy atom. The Morgan fingerprint density at radius 2 is 1.13 bits per heavy atom. The van der Waals surface area contributed by atoms with Crippen LogP contribution < -0.4 is 32.7 Å². The normalized spacial score (nSPS) is 13.9. The molecular formula is C28H40N6O13. The van der Waals surface area contributed by atoms with E-state index in [2.05, 4.69) is 16.0 Å². The number of phenols is 1. The molecule has 0 saturated carbocycles. The van der Waals surface area contributed by atoms with Gasteiger partial charge in [-0.25, -0.2) is 4.79 Å². The van der Waals surface area contributed by atoms with Crippen LogP contribution in [0.5, 0.6) is 5.75 Å². The maximum absolute atomic E-state index is 13.5. The Kier molecular flexibility index (Phi) is 16.9. The maximum Gasteiger partial charge on any atom is 0.326 e. The lowest BCUT2D eigenvalue weighted by molar-refractivity contribution is -0.144. The molecule has 0 heterocycles. The average molecular weight is 669 g/mol. The van der Waals surface area contributed by atoms with Gasteiger partial charge in [0.25, 0.3) is 0 Å². The van der Waals surface area contributed by atoms with Crippen LogP contribution in [-0.4, -0.2) is 110 Å². The number of aliphatic carboxylic acids is 4. The van der Waals surface area contributed by atoms with E-state index < -0.39 is 103 Å². The molecule has 1 aromatic rings. The summed E-state index contributed by atoms with van der Waals surface area (Å²) in [6, 6.07) is -2.45. The number of unbranched alkanes of at least 4 members (excludes halogenated alkanes) is 1. The van der Waals surface area contributed by atoms with Gasteiger partial charge in [0.15, 0.2) is 0 Å². The highest BCUT2D eigenvalue weighted by molar-refractivity contribution is 5.97. The van der Waals surface area contributed by atoms with Gasteiger partial charge >= 0.3 is 23.9 Å². The first kappa shape index (κ1) is 39.7. The molecule has 5 unspecified atom stereocenters. The van der Waals surface area contributed by atoms with Crippen LogP contribution in [0.4, 0.5) is 0 Å². The molecule has 0 aliphatic carbocycles. The van der Waals surface area contributed by atoms with Gasteiger partial charge in [-0.15, -0.1) is 0 Å². The van der Waals surface area contributed by atoms with Crippen LogP contribution >= 0.6 is 0 Å². The minimum Gasteiger partial charge on any atom is -0.508 e. The van der Waals surface area contributed by atoms with Crippen molar-refractivity contribution >= 4 is 47.5 Å². The van der Waals surface area contributed by atoms with Crippen molar-refractivity contribution in [1.29, 1.82) is 0 Å². The Morgan fingerprint density at radius 1 is 0.617 bits per heavy atom. The van der Waals surface area contributed by atoms with Crippen molar-refractivity contribution in [3.63, 3.8) is 0 Å². The summed E-state index contributed by atoms with van der Waals surface area (Å²) in [5.41, 5.74) is 11.6. The fourth-order valence-corrected chi connectivity index (χ4v) is 4.12. The molecular weight excluding hydrogens is 628 g/mol. The van der Waals surface area contributed by atoms with Gasteiger partial charge in [0.05, 0.1) is 18.9 Å². The topological polar surface area (TPSA) is 338 Å². The molecule has 1 aromatic carbocycles. The second-order valence-corrected chi connectivity index (χ2v) is 10.5. The molecule has 13 N–H and O–H groups in total. The Bertz CT molecular complexity index is 1290. The van der Waals surface area contributed by atoms with E-state index in [1.807, 2.05) is 5.32 Å². The van der Waals surface area contributed by atoms with E-state index >= 15 is 0 Å². The third kappa shape index (κ3) is 15.5. The predicted molar refractivity (Wildman–Crippen MR) is 159 cm³/mol. The largest absolute Gasteiger partial charge is 0.508 e. The molecule has 0 spiro atoms. The number of benzene rings is 1. The zero-order valence-corrected chi connectivity index (χ0v) is 25.2. The second-order valence-electron chi connectivity index (χ2n) is 10.5. The van der Waals surface area contributed by atoms with Crippen molar-refractivity contribution in [3.05, 3.63) is 29.8 Å². The van der Waals surface area contributed by atoms with Crippen molar-refractivity contribution in [2.75, 3.05) is 6.54 Å². The second kappa shape index (κ2) is 20.0. The number of carboxylic acids is 4. The third-order valence-corrected chi connectivity index (χ3v) is 6.59.